The Morgan fingerprint density at radius 2 is 1.81 bits per heavy atom. The van der Waals surface area contributed by atoms with E-state index in [2.05, 4.69) is 14.8 Å². The average Bonchev–Trinajstić information content (AvgIpc) is 3.16. The average molecular weight is 381 g/mol. The topological polar surface area (TPSA) is 66.0 Å². The maximum absolute atomic E-state index is 13.0. The molecule has 136 valence electrons. The van der Waals surface area contributed by atoms with Crippen molar-refractivity contribution in [3.63, 3.8) is 0 Å². The summed E-state index contributed by atoms with van der Waals surface area (Å²) in [5.41, 5.74) is 1.37. The second-order valence-electron chi connectivity index (χ2n) is 5.56. The zero-order valence-electron chi connectivity index (χ0n) is 13.3. The molecule has 0 aliphatic carbocycles. The molecular weight excluding hydrogens is 368 g/mol. The number of rotatable bonds is 5. The number of amides is 1. The second-order valence-corrected chi connectivity index (χ2v) is 6.54. The first-order valence-corrected chi connectivity index (χ1v) is 8.80. The Labute approximate surface area is 151 Å². The Morgan fingerprint density at radius 3 is 2.69 bits per heavy atom. The van der Waals surface area contributed by atoms with Crippen LogP contribution in [0.4, 0.5) is 14.5 Å². The molecule has 0 fully saturated rings. The fraction of sp³-hybridized carbons (Fsp3) is 0.235. The summed E-state index contributed by atoms with van der Waals surface area (Å²) >= 11 is 1.42. The fourth-order valence-electron chi connectivity index (χ4n) is 2.52. The zero-order chi connectivity index (χ0) is 18.1. The van der Waals surface area contributed by atoms with Crippen LogP contribution < -0.4 is 24.3 Å². The van der Waals surface area contributed by atoms with Crippen molar-refractivity contribution in [2.75, 3.05) is 17.9 Å². The van der Waals surface area contributed by atoms with E-state index in [1.54, 1.807) is 0 Å². The third-order valence-corrected chi connectivity index (χ3v) is 4.63. The van der Waals surface area contributed by atoms with Crippen LogP contribution in [0, 0.1) is 0 Å². The first-order valence-electron chi connectivity index (χ1n) is 7.64. The van der Waals surface area contributed by atoms with E-state index in [1.807, 2.05) is 18.2 Å². The first-order chi connectivity index (χ1) is 12.5. The van der Waals surface area contributed by atoms with Crippen molar-refractivity contribution < 1.29 is 32.5 Å². The number of hydrogen-bond acceptors (Lipinski definition) is 6. The van der Waals surface area contributed by atoms with Crippen LogP contribution in [0.25, 0.3) is 0 Å². The molecule has 0 radical (unpaired) electrons. The second kappa shape index (κ2) is 6.56. The van der Waals surface area contributed by atoms with E-state index in [9.17, 15) is 13.6 Å². The third kappa shape index (κ3) is 3.62. The summed E-state index contributed by atoms with van der Waals surface area (Å²) in [7, 11) is 0. The van der Waals surface area contributed by atoms with Gasteiger partial charge < -0.3 is 24.3 Å². The van der Waals surface area contributed by atoms with Crippen molar-refractivity contribution in [3.05, 3.63) is 42.0 Å². The molecule has 1 N–H and O–H groups in total. The number of benzene rings is 2. The van der Waals surface area contributed by atoms with Crippen LogP contribution in [0.2, 0.25) is 0 Å². The Hall–Kier alpha value is -2.68. The number of carbonyl (C=O) groups is 1. The number of thioether (sulfide) groups is 1. The lowest BCUT2D eigenvalue weighted by atomic mass is 10.2. The number of alkyl halides is 2. The summed E-state index contributed by atoms with van der Waals surface area (Å²) in [4.78, 5) is 12.0. The molecule has 2 heterocycles. The summed E-state index contributed by atoms with van der Waals surface area (Å²) in [5, 5.41) is 2.64. The minimum absolute atomic E-state index is 0.0646. The van der Waals surface area contributed by atoms with E-state index in [4.69, 9.17) is 9.47 Å². The van der Waals surface area contributed by atoms with E-state index in [0.717, 1.165) is 5.56 Å². The highest BCUT2D eigenvalue weighted by molar-refractivity contribution is 7.99. The normalized spacial score (nSPS) is 15.8. The molecule has 2 aliphatic heterocycles. The number of halogens is 2. The van der Waals surface area contributed by atoms with Crippen molar-refractivity contribution in [2.24, 2.45) is 0 Å². The van der Waals surface area contributed by atoms with E-state index >= 15 is 0 Å². The lowest BCUT2D eigenvalue weighted by Gasteiger charge is -2.06. The third-order valence-electron chi connectivity index (χ3n) is 3.62. The Bertz CT molecular complexity index is 861. The minimum Gasteiger partial charge on any atom is -0.454 e. The van der Waals surface area contributed by atoms with Gasteiger partial charge in [0.1, 0.15) is 0 Å². The fourth-order valence-corrected chi connectivity index (χ4v) is 3.29. The highest BCUT2D eigenvalue weighted by Gasteiger charge is 2.43. The van der Waals surface area contributed by atoms with Crippen LogP contribution in [-0.4, -0.2) is 24.7 Å². The number of anilines is 1. The van der Waals surface area contributed by atoms with Crippen LogP contribution in [0.1, 0.15) is 5.56 Å². The quantitative estimate of drug-likeness (QED) is 0.854. The van der Waals surface area contributed by atoms with Gasteiger partial charge in [-0.1, -0.05) is 6.07 Å². The summed E-state index contributed by atoms with van der Waals surface area (Å²) in [6, 6.07) is 9.73. The number of fused-ring (bicyclic) bond motifs is 2. The first kappa shape index (κ1) is 16.8. The summed E-state index contributed by atoms with van der Waals surface area (Å²) in [5.74, 6) is 1.82. The lowest BCUT2D eigenvalue weighted by Crippen LogP contribution is -2.25. The monoisotopic (exact) mass is 381 g/mol. The van der Waals surface area contributed by atoms with Crippen molar-refractivity contribution >= 4 is 23.4 Å². The Kier molecular flexibility index (Phi) is 4.23. The highest BCUT2D eigenvalue weighted by atomic mass is 32.2. The van der Waals surface area contributed by atoms with Gasteiger partial charge in [-0.3, -0.25) is 4.79 Å². The van der Waals surface area contributed by atoms with Gasteiger partial charge in [-0.15, -0.1) is 20.5 Å². The van der Waals surface area contributed by atoms with E-state index < -0.39 is 6.29 Å². The molecule has 1 amide bonds. The Morgan fingerprint density at radius 1 is 1.04 bits per heavy atom. The van der Waals surface area contributed by atoms with Crippen LogP contribution in [0.5, 0.6) is 23.0 Å². The van der Waals surface area contributed by atoms with Crippen LogP contribution >= 0.6 is 11.8 Å². The molecule has 0 unspecified atom stereocenters. The van der Waals surface area contributed by atoms with Crippen LogP contribution in [-0.2, 0) is 10.5 Å². The predicted molar refractivity (Wildman–Crippen MR) is 90.0 cm³/mol. The zero-order valence-corrected chi connectivity index (χ0v) is 14.1. The standard InChI is InChI=1S/C17H13F2NO5S/c18-17(19)24-13-4-2-11(6-15(13)25-17)20-16(21)8-26-7-10-1-3-12-14(5-10)23-9-22-12/h1-6H,7-9H2,(H,20,21). The summed E-state index contributed by atoms with van der Waals surface area (Å²) in [6.07, 6.45) is -3.68. The molecule has 4 rings (SSSR count). The van der Waals surface area contributed by atoms with Crippen molar-refractivity contribution in [3.8, 4) is 23.0 Å². The molecule has 2 aliphatic rings. The number of nitrogens with one attached hydrogen (secondary N) is 1. The molecule has 26 heavy (non-hydrogen) atoms. The van der Waals surface area contributed by atoms with Crippen LogP contribution in [0.3, 0.4) is 0 Å². The molecule has 0 spiro atoms. The maximum Gasteiger partial charge on any atom is 0.586 e. The van der Waals surface area contributed by atoms with Gasteiger partial charge in [-0.2, -0.15) is 0 Å². The molecule has 0 aromatic heterocycles. The molecule has 6 nitrogen and oxygen atoms in total. The molecule has 0 atom stereocenters. The van der Waals surface area contributed by atoms with E-state index in [-0.39, 0.29) is 30.0 Å². The number of ether oxygens (including phenoxy) is 4. The van der Waals surface area contributed by atoms with Crippen molar-refractivity contribution in [1.29, 1.82) is 0 Å². The van der Waals surface area contributed by atoms with Gasteiger partial charge in [0.2, 0.25) is 12.7 Å². The molecule has 0 bridgehead atoms. The van der Waals surface area contributed by atoms with Gasteiger partial charge in [0.25, 0.3) is 0 Å². The van der Waals surface area contributed by atoms with Gasteiger partial charge in [-0.05, 0) is 29.8 Å². The van der Waals surface area contributed by atoms with E-state index in [0.29, 0.717) is 22.9 Å². The lowest BCUT2D eigenvalue weighted by molar-refractivity contribution is -0.286. The van der Waals surface area contributed by atoms with Gasteiger partial charge >= 0.3 is 6.29 Å². The highest BCUT2D eigenvalue weighted by Crippen LogP contribution is 2.42. The summed E-state index contributed by atoms with van der Waals surface area (Å²) in [6.45, 7) is 0.218. The van der Waals surface area contributed by atoms with Crippen molar-refractivity contribution in [2.45, 2.75) is 12.0 Å². The largest absolute Gasteiger partial charge is 0.586 e. The molecule has 9 heteroatoms. The van der Waals surface area contributed by atoms with Gasteiger partial charge in [-0.25, -0.2) is 0 Å². The smallest absolute Gasteiger partial charge is 0.454 e. The van der Waals surface area contributed by atoms with Crippen LogP contribution in [0.15, 0.2) is 36.4 Å². The molecular formula is C17H13F2NO5S. The SMILES string of the molecule is O=C(CSCc1ccc2c(c1)OCO2)Nc1ccc2c(c1)OC(F)(F)O2. The molecule has 0 saturated carbocycles. The molecule has 2 aromatic carbocycles. The molecule has 0 saturated heterocycles. The number of hydrogen-bond donors (Lipinski definition) is 1. The van der Waals surface area contributed by atoms with Gasteiger partial charge in [0, 0.05) is 17.5 Å². The minimum atomic E-state index is -3.68. The van der Waals surface area contributed by atoms with Gasteiger partial charge in [0.05, 0.1) is 5.75 Å². The molecule has 2 aromatic rings. The Balaban J connectivity index is 1.28. The van der Waals surface area contributed by atoms with E-state index in [1.165, 1.54) is 30.0 Å². The maximum atomic E-state index is 13.0. The summed E-state index contributed by atoms with van der Waals surface area (Å²) < 4.78 is 45.2. The number of carbonyl (C=O) groups excluding carboxylic acids is 1. The van der Waals surface area contributed by atoms with Crippen molar-refractivity contribution in [1.82, 2.24) is 0 Å². The van der Waals surface area contributed by atoms with Gasteiger partial charge in [0.15, 0.2) is 23.0 Å². The predicted octanol–water partition coefficient (Wildman–Crippen LogP) is 3.61.